The summed E-state index contributed by atoms with van der Waals surface area (Å²) in [6, 6.07) is 5.60. The third-order valence-corrected chi connectivity index (χ3v) is 6.20. The molecule has 2 saturated carbocycles. The van der Waals surface area contributed by atoms with Crippen LogP contribution in [0.15, 0.2) is 18.2 Å². The Balaban J connectivity index is 1.37. The average molecular weight is 385 g/mol. The summed E-state index contributed by atoms with van der Waals surface area (Å²) < 4.78 is 10.6. The minimum absolute atomic E-state index is 0.0610. The molecule has 1 heterocycles. The quantitative estimate of drug-likeness (QED) is 0.786. The highest BCUT2D eigenvalue weighted by Gasteiger charge is 2.42. The molecule has 28 heavy (non-hydrogen) atoms. The van der Waals surface area contributed by atoms with Gasteiger partial charge in [-0.1, -0.05) is 6.42 Å². The van der Waals surface area contributed by atoms with E-state index in [0.29, 0.717) is 23.2 Å². The summed E-state index contributed by atoms with van der Waals surface area (Å²) in [5.74, 6) is 3.84. The first-order chi connectivity index (χ1) is 13.6. The Labute approximate surface area is 164 Å². The van der Waals surface area contributed by atoms with E-state index < -0.39 is 0 Å². The van der Waals surface area contributed by atoms with Crippen LogP contribution in [0.1, 0.15) is 32.6 Å². The molecule has 2 bridgehead atoms. The highest BCUT2D eigenvalue weighted by atomic mass is 16.5. The van der Waals surface area contributed by atoms with Gasteiger partial charge < -0.3 is 14.8 Å². The number of tetrazole rings is 1. The maximum Gasteiger partial charge on any atom is 0.243 e. The van der Waals surface area contributed by atoms with Gasteiger partial charge in [0.1, 0.15) is 6.54 Å². The number of carbonyl (C=O) groups excluding carboxylic acids is 1. The molecule has 2 aliphatic rings. The van der Waals surface area contributed by atoms with Crippen molar-refractivity contribution in [3.05, 3.63) is 18.2 Å². The van der Waals surface area contributed by atoms with Crippen LogP contribution >= 0.6 is 0 Å². The molecule has 0 spiro atoms. The van der Waals surface area contributed by atoms with E-state index in [4.69, 9.17) is 9.47 Å². The number of benzene rings is 1. The molecular weight excluding hydrogens is 358 g/mol. The van der Waals surface area contributed by atoms with Crippen molar-refractivity contribution in [2.24, 2.45) is 17.8 Å². The fourth-order valence-electron chi connectivity index (χ4n) is 4.84. The molecular formula is C20H27N5O3. The van der Waals surface area contributed by atoms with E-state index in [9.17, 15) is 4.79 Å². The highest BCUT2D eigenvalue weighted by molar-refractivity contribution is 5.75. The van der Waals surface area contributed by atoms with Crippen molar-refractivity contribution >= 4 is 5.91 Å². The zero-order valence-corrected chi connectivity index (χ0v) is 16.6. The number of methoxy groups -OCH3 is 2. The first-order valence-corrected chi connectivity index (χ1v) is 9.87. The Hall–Kier alpha value is -2.64. The number of nitrogens with one attached hydrogen (secondary N) is 1. The van der Waals surface area contributed by atoms with Gasteiger partial charge in [-0.2, -0.15) is 4.80 Å². The Morgan fingerprint density at radius 3 is 2.75 bits per heavy atom. The van der Waals surface area contributed by atoms with Gasteiger partial charge in [-0.25, -0.2) is 0 Å². The maximum absolute atomic E-state index is 12.4. The molecule has 8 nitrogen and oxygen atoms in total. The van der Waals surface area contributed by atoms with Crippen molar-refractivity contribution < 1.29 is 14.3 Å². The minimum atomic E-state index is -0.0773. The number of aromatic nitrogens is 4. The van der Waals surface area contributed by atoms with Gasteiger partial charge in [0, 0.05) is 11.6 Å². The molecule has 0 saturated heterocycles. The maximum atomic E-state index is 12.4. The molecule has 1 aromatic carbocycles. The molecule has 2 aliphatic carbocycles. The minimum Gasteiger partial charge on any atom is -0.493 e. The molecule has 2 aromatic rings. The zero-order valence-electron chi connectivity index (χ0n) is 16.6. The van der Waals surface area contributed by atoms with Crippen molar-refractivity contribution in [1.82, 2.24) is 25.5 Å². The molecule has 1 aromatic heterocycles. The van der Waals surface area contributed by atoms with Gasteiger partial charge >= 0.3 is 0 Å². The summed E-state index contributed by atoms with van der Waals surface area (Å²) in [6.45, 7) is 2.18. The normalized spacial score (nSPS) is 24.2. The standard InChI is InChI=1S/C20H27N5O3/c1-12(16-9-13-4-5-14(16)8-13)21-19(26)11-25-23-20(22-24-25)15-6-7-17(27-2)18(10-15)28-3/h6-7,10,12-14,16H,4-5,8-9,11H2,1-3H3,(H,21,26)/t12-,13+,14+,16-/m1/s1. The lowest BCUT2D eigenvalue weighted by Crippen LogP contribution is -2.41. The molecule has 4 rings (SSSR count). The SMILES string of the molecule is COc1ccc(-c2nnn(CC(=O)N[C@H](C)[C@H]3C[C@H]4CC[C@H]3C4)n2)cc1OC. The van der Waals surface area contributed by atoms with Crippen molar-refractivity contribution in [3.63, 3.8) is 0 Å². The van der Waals surface area contributed by atoms with Crippen LogP contribution in [0, 0.1) is 17.8 Å². The average Bonchev–Trinajstić information content (AvgIpc) is 3.44. The Kier molecular flexibility index (Phi) is 5.19. The summed E-state index contributed by atoms with van der Waals surface area (Å²) in [5, 5.41) is 15.5. The highest BCUT2D eigenvalue weighted by Crippen LogP contribution is 2.49. The molecule has 0 radical (unpaired) electrons. The second-order valence-electron chi connectivity index (χ2n) is 7.91. The van der Waals surface area contributed by atoms with Gasteiger partial charge in [0.25, 0.3) is 0 Å². The Morgan fingerprint density at radius 2 is 2.07 bits per heavy atom. The van der Waals surface area contributed by atoms with Gasteiger partial charge in [-0.05, 0) is 67.4 Å². The number of fused-ring (bicyclic) bond motifs is 2. The van der Waals surface area contributed by atoms with Crippen LogP contribution in [-0.4, -0.2) is 46.4 Å². The number of hydrogen-bond donors (Lipinski definition) is 1. The topological polar surface area (TPSA) is 91.2 Å². The number of nitrogens with zero attached hydrogens (tertiary/aromatic N) is 4. The summed E-state index contributed by atoms with van der Waals surface area (Å²) in [6.07, 6.45) is 5.26. The van der Waals surface area contributed by atoms with E-state index in [0.717, 1.165) is 17.4 Å². The lowest BCUT2D eigenvalue weighted by atomic mass is 9.84. The molecule has 1 amide bonds. The largest absolute Gasteiger partial charge is 0.493 e. The summed E-state index contributed by atoms with van der Waals surface area (Å²) >= 11 is 0. The van der Waals surface area contributed by atoms with Crippen LogP contribution in [-0.2, 0) is 11.3 Å². The molecule has 2 fully saturated rings. The molecule has 4 atom stereocenters. The van der Waals surface area contributed by atoms with Gasteiger partial charge in [0.15, 0.2) is 11.5 Å². The monoisotopic (exact) mass is 385 g/mol. The van der Waals surface area contributed by atoms with Crippen molar-refractivity contribution in [3.8, 4) is 22.9 Å². The van der Waals surface area contributed by atoms with Gasteiger partial charge in [-0.15, -0.1) is 10.2 Å². The van der Waals surface area contributed by atoms with Gasteiger partial charge in [0.05, 0.1) is 14.2 Å². The van der Waals surface area contributed by atoms with E-state index in [1.54, 1.807) is 26.4 Å². The van der Waals surface area contributed by atoms with E-state index in [1.165, 1.54) is 30.5 Å². The van der Waals surface area contributed by atoms with Crippen molar-refractivity contribution in [1.29, 1.82) is 0 Å². The van der Waals surface area contributed by atoms with Crippen molar-refractivity contribution in [2.75, 3.05) is 14.2 Å². The first kappa shape index (κ1) is 18.7. The first-order valence-electron chi connectivity index (χ1n) is 9.87. The smallest absolute Gasteiger partial charge is 0.243 e. The molecule has 0 unspecified atom stereocenters. The third kappa shape index (κ3) is 3.68. The number of carbonyl (C=O) groups is 1. The summed E-state index contributed by atoms with van der Waals surface area (Å²) in [7, 11) is 3.16. The summed E-state index contributed by atoms with van der Waals surface area (Å²) in [5.41, 5.74) is 0.750. The summed E-state index contributed by atoms with van der Waals surface area (Å²) in [4.78, 5) is 13.8. The van der Waals surface area contributed by atoms with E-state index >= 15 is 0 Å². The fourth-order valence-corrected chi connectivity index (χ4v) is 4.84. The Morgan fingerprint density at radius 1 is 1.25 bits per heavy atom. The van der Waals surface area contributed by atoms with Gasteiger partial charge in [0.2, 0.25) is 11.7 Å². The van der Waals surface area contributed by atoms with Crippen LogP contribution in [0.3, 0.4) is 0 Å². The molecule has 150 valence electrons. The van der Waals surface area contributed by atoms with Crippen LogP contribution in [0.25, 0.3) is 11.4 Å². The van der Waals surface area contributed by atoms with Crippen LogP contribution in [0.2, 0.25) is 0 Å². The van der Waals surface area contributed by atoms with E-state index in [1.807, 2.05) is 6.07 Å². The number of ether oxygens (including phenoxy) is 2. The second kappa shape index (κ2) is 7.77. The van der Waals surface area contributed by atoms with E-state index in [-0.39, 0.29) is 18.5 Å². The predicted molar refractivity (Wildman–Crippen MR) is 103 cm³/mol. The predicted octanol–water partition coefficient (Wildman–Crippen LogP) is 2.30. The van der Waals surface area contributed by atoms with Crippen LogP contribution in [0.4, 0.5) is 0 Å². The third-order valence-electron chi connectivity index (χ3n) is 6.20. The van der Waals surface area contributed by atoms with Crippen LogP contribution < -0.4 is 14.8 Å². The van der Waals surface area contributed by atoms with E-state index in [2.05, 4.69) is 27.7 Å². The zero-order chi connectivity index (χ0) is 19.7. The molecule has 1 N–H and O–H groups in total. The number of rotatable bonds is 7. The molecule has 0 aliphatic heterocycles. The lowest BCUT2D eigenvalue weighted by Gasteiger charge is -2.28. The fraction of sp³-hybridized carbons (Fsp3) is 0.600. The number of amides is 1. The second-order valence-corrected chi connectivity index (χ2v) is 7.91. The number of hydrogen-bond acceptors (Lipinski definition) is 6. The van der Waals surface area contributed by atoms with Crippen LogP contribution in [0.5, 0.6) is 11.5 Å². The lowest BCUT2D eigenvalue weighted by molar-refractivity contribution is -0.123. The Bertz CT molecular complexity index is 852. The van der Waals surface area contributed by atoms with Gasteiger partial charge in [-0.3, -0.25) is 4.79 Å². The molecule has 8 heteroatoms. The van der Waals surface area contributed by atoms with Crippen molar-refractivity contribution in [2.45, 2.75) is 45.2 Å².